The number of hydrogen-bond acceptors (Lipinski definition) is 6. The van der Waals surface area contributed by atoms with Crippen LogP contribution < -0.4 is 10.1 Å². The van der Waals surface area contributed by atoms with E-state index in [4.69, 9.17) is 14.7 Å². The molecule has 3 rings (SSSR count). The molecule has 38 heavy (non-hydrogen) atoms. The van der Waals surface area contributed by atoms with Crippen molar-refractivity contribution in [3.05, 3.63) is 64.6 Å². The maximum Gasteiger partial charge on any atom is 0.251 e. The highest BCUT2D eigenvalue weighted by Gasteiger charge is 2.18. The number of ether oxygens (including phenoxy) is 1. The van der Waals surface area contributed by atoms with Crippen LogP contribution in [0.15, 0.2) is 41.5 Å². The van der Waals surface area contributed by atoms with Crippen LogP contribution in [0.4, 0.5) is 10.2 Å². The van der Waals surface area contributed by atoms with E-state index in [-0.39, 0.29) is 11.7 Å². The molecule has 7 nitrogen and oxygen atoms in total. The van der Waals surface area contributed by atoms with Crippen LogP contribution in [-0.4, -0.2) is 80.3 Å². The van der Waals surface area contributed by atoms with Crippen LogP contribution in [0.1, 0.15) is 53.7 Å². The number of amides is 1. The molecule has 0 fully saturated rings. The molecule has 1 unspecified atom stereocenters. The number of methoxy groups -OCH3 is 1. The molecule has 1 aromatic carbocycles. The van der Waals surface area contributed by atoms with Crippen molar-refractivity contribution < 1.29 is 13.9 Å². The van der Waals surface area contributed by atoms with Crippen LogP contribution in [-0.2, 0) is 19.3 Å². The Morgan fingerprint density at radius 3 is 2.74 bits per heavy atom. The minimum absolute atomic E-state index is 0.0705. The first-order valence-corrected chi connectivity index (χ1v) is 13.4. The summed E-state index contributed by atoms with van der Waals surface area (Å²) >= 11 is 0. The lowest BCUT2D eigenvalue weighted by Crippen LogP contribution is -2.37. The van der Waals surface area contributed by atoms with Gasteiger partial charge in [0.2, 0.25) is 0 Å². The van der Waals surface area contributed by atoms with Crippen molar-refractivity contribution in [3.8, 4) is 5.75 Å². The van der Waals surface area contributed by atoms with Crippen LogP contribution in [0.5, 0.6) is 5.75 Å². The summed E-state index contributed by atoms with van der Waals surface area (Å²) in [6.07, 6.45) is 10.1. The molecule has 0 bridgehead atoms. The van der Waals surface area contributed by atoms with Crippen molar-refractivity contribution >= 4 is 17.4 Å². The summed E-state index contributed by atoms with van der Waals surface area (Å²) in [7, 11) is 7.17. The molecule has 206 valence electrons. The molecule has 8 heteroatoms. The second kappa shape index (κ2) is 14.2. The van der Waals surface area contributed by atoms with E-state index in [1.165, 1.54) is 13.2 Å². The van der Waals surface area contributed by atoms with E-state index in [0.29, 0.717) is 30.0 Å². The van der Waals surface area contributed by atoms with E-state index < -0.39 is 5.82 Å². The predicted octanol–water partition coefficient (Wildman–Crippen LogP) is 4.61. The lowest BCUT2D eigenvalue weighted by atomic mass is 10.0. The van der Waals surface area contributed by atoms with Crippen LogP contribution in [0, 0.1) is 5.82 Å². The molecule has 0 saturated carbocycles. The smallest absolute Gasteiger partial charge is 0.251 e. The number of nitrogens with zero attached hydrogens (tertiary/aromatic N) is 4. The number of rotatable bonds is 11. The molecule has 1 atom stereocenters. The maximum absolute atomic E-state index is 14.9. The van der Waals surface area contributed by atoms with Gasteiger partial charge in [-0.15, -0.1) is 0 Å². The Kier molecular flexibility index (Phi) is 11.0. The molecule has 0 aliphatic carbocycles. The standard InChI is InChI=1S/C30H42FN5O2/c1-7-23-16-22(12-13-24-17-25(30(37)32-3)18-27(38-6)28(24)31)19-33-29(23)34-26-11-8-10-21(2)36(20-26)15-9-14-35(4)5/h8,11,16-19,21H,7,9-10,12-15,20H2,1-6H3,(H,32,37). The van der Waals surface area contributed by atoms with Gasteiger partial charge in [0, 0.05) is 37.9 Å². The Balaban J connectivity index is 1.76. The topological polar surface area (TPSA) is 70.1 Å². The number of aromatic nitrogens is 1. The summed E-state index contributed by atoms with van der Waals surface area (Å²) in [5.41, 5.74) is 3.91. The number of carbonyl (C=O) groups is 1. The summed E-state index contributed by atoms with van der Waals surface area (Å²) in [4.78, 5) is 26.5. The second-order valence-corrected chi connectivity index (χ2v) is 10.1. The SMILES string of the molecule is CCc1cc(CCc2cc(C(=O)NC)cc(OC)c2F)cnc1N=C1C=CCC(C)N(CCCN(C)C)C1. The molecule has 2 aromatic rings. The summed E-state index contributed by atoms with van der Waals surface area (Å²) < 4.78 is 20.1. The highest BCUT2D eigenvalue weighted by Crippen LogP contribution is 2.26. The minimum atomic E-state index is -0.434. The highest BCUT2D eigenvalue weighted by atomic mass is 19.1. The number of benzene rings is 1. The van der Waals surface area contributed by atoms with Crippen molar-refractivity contribution in [3.63, 3.8) is 0 Å². The molecule has 0 radical (unpaired) electrons. The first kappa shape index (κ1) is 29.5. The molecule has 1 amide bonds. The quantitative estimate of drug-likeness (QED) is 0.466. The van der Waals surface area contributed by atoms with Crippen LogP contribution >= 0.6 is 0 Å². The average molecular weight is 524 g/mol. The lowest BCUT2D eigenvalue weighted by Gasteiger charge is -2.27. The van der Waals surface area contributed by atoms with Crippen LogP contribution in [0.2, 0.25) is 0 Å². The van der Waals surface area contributed by atoms with Gasteiger partial charge in [0.05, 0.1) is 12.8 Å². The average Bonchev–Trinajstić information content (AvgIpc) is 3.08. The van der Waals surface area contributed by atoms with E-state index in [1.807, 2.05) is 6.20 Å². The van der Waals surface area contributed by atoms with Crippen molar-refractivity contribution in [1.82, 2.24) is 20.1 Å². The van der Waals surface area contributed by atoms with E-state index >= 15 is 0 Å². The van der Waals surface area contributed by atoms with Crippen molar-refractivity contribution in [2.45, 2.75) is 52.0 Å². The van der Waals surface area contributed by atoms with Gasteiger partial charge in [0.1, 0.15) is 0 Å². The zero-order valence-corrected chi connectivity index (χ0v) is 23.7. The normalized spacial score (nSPS) is 17.2. The summed E-state index contributed by atoms with van der Waals surface area (Å²) in [6, 6.07) is 5.61. The van der Waals surface area contributed by atoms with Gasteiger partial charge in [-0.05, 0) is 94.6 Å². The van der Waals surface area contributed by atoms with Crippen molar-refractivity contribution in [2.24, 2.45) is 4.99 Å². The number of halogens is 1. The fourth-order valence-corrected chi connectivity index (χ4v) is 4.66. The Morgan fingerprint density at radius 1 is 1.26 bits per heavy atom. The molecular formula is C30H42FN5O2. The van der Waals surface area contributed by atoms with E-state index in [9.17, 15) is 9.18 Å². The molecule has 1 aromatic heterocycles. The second-order valence-electron chi connectivity index (χ2n) is 10.1. The molecule has 1 aliphatic rings. The summed E-state index contributed by atoms with van der Waals surface area (Å²) in [6.45, 7) is 7.28. The summed E-state index contributed by atoms with van der Waals surface area (Å²) in [5, 5.41) is 2.58. The largest absolute Gasteiger partial charge is 0.494 e. The third kappa shape index (κ3) is 7.95. The zero-order chi connectivity index (χ0) is 27.7. The molecule has 1 aliphatic heterocycles. The van der Waals surface area contributed by atoms with Gasteiger partial charge >= 0.3 is 0 Å². The number of aliphatic imine (C=N–C) groups is 1. The lowest BCUT2D eigenvalue weighted by molar-refractivity contribution is 0.0962. The van der Waals surface area contributed by atoms with E-state index in [0.717, 1.165) is 61.6 Å². The number of aryl methyl sites for hydroxylation is 3. The third-order valence-electron chi connectivity index (χ3n) is 6.96. The minimum Gasteiger partial charge on any atom is -0.494 e. The van der Waals surface area contributed by atoms with Gasteiger partial charge in [0.25, 0.3) is 5.91 Å². The summed E-state index contributed by atoms with van der Waals surface area (Å²) in [5.74, 6) is 0.104. The molecular weight excluding hydrogens is 481 g/mol. The number of pyridine rings is 1. The molecule has 0 spiro atoms. The monoisotopic (exact) mass is 523 g/mol. The van der Waals surface area contributed by atoms with Gasteiger partial charge in [0.15, 0.2) is 17.4 Å². The fourth-order valence-electron chi connectivity index (χ4n) is 4.66. The zero-order valence-electron chi connectivity index (χ0n) is 23.7. The van der Waals surface area contributed by atoms with Gasteiger partial charge in [-0.25, -0.2) is 14.4 Å². The van der Waals surface area contributed by atoms with Gasteiger partial charge < -0.3 is 15.0 Å². The Labute approximate surface area is 226 Å². The highest BCUT2D eigenvalue weighted by molar-refractivity contribution is 5.98. The molecule has 0 saturated heterocycles. The number of carbonyl (C=O) groups excluding carboxylic acids is 1. The number of nitrogens with one attached hydrogen (secondary N) is 1. The van der Waals surface area contributed by atoms with Gasteiger partial charge in [-0.3, -0.25) is 9.69 Å². The van der Waals surface area contributed by atoms with Crippen molar-refractivity contribution in [1.29, 1.82) is 0 Å². The molecule has 1 N–H and O–H groups in total. The Hall–Kier alpha value is -3.10. The molecule has 2 heterocycles. The third-order valence-corrected chi connectivity index (χ3v) is 6.96. The van der Waals surface area contributed by atoms with Crippen molar-refractivity contribution in [2.75, 3.05) is 47.9 Å². The first-order valence-electron chi connectivity index (χ1n) is 13.4. The predicted molar refractivity (Wildman–Crippen MR) is 152 cm³/mol. The number of hydrogen-bond donors (Lipinski definition) is 1. The Morgan fingerprint density at radius 2 is 2.05 bits per heavy atom. The first-order chi connectivity index (χ1) is 18.2. The van der Waals surface area contributed by atoms with Gasteiger partial charge in [-0.2, -0.15) is 0 Å². The fraction of sp³-hybridized carbons (Fsp3) is 0.500. The van der Waals surface area contributed by atoms with E-state index in [2.05, 4.69) is 61.3 Å². The maximum atomic E-state index is 14.9. The van der Waals surface area contributed by atoms with Crippen LogP contribution in [0.25, 0.3) is 0 Å². The Bertz CT molecular complexity index is 1160. The van der Waals surface area contributed by atoms with Crippen LogP contribution in [0.3, 0.4) is 0 Å². The van der Waals surface area contributed by atoms with Gasteiger partial charge in [-0.1, -0.05) is 19.1 Å². The van der Waals surface area contributed by atoms with E-state index in [1.54, 1.807) is 13.1 Å².